The average molecular weight is 280 g/mol. The number of hydrogen-bond donors (Lipinski definition) is 1. The molecule has 2 rings (SSSR count). The highest BCUT2D eigenvalue weighted by Crippen LogP contribution is 2.27. The van der Waals surface area contributed by atoms with Gasteiger partial charge >= 0.3 is 0 Å². The molecular formula is C14H14F2N2S. The number of nitrogens with one attached hydrogen (secondary N) is 1. The van der Waals surface area contributed by atoms with Crippen LogP contribution in [-0.2, 0) is 0 Å². The van der Waals surface area contributed by atoms with Crippen molar-refractivity contribution in [2.24, 2.45) is 0 Å². The Morgan fingerprint density at radius 1 is 1.16 bits per heavy atom. The van der Waals surface area contributed by atoms with Crippen LogP contribution in [0.2, 0.25) is 0 Å². The van der Waals surface area contributed by atoms with Crippen LogP contribution >= 0.6 is 11.8 Å². The van der Waals surface area contributed by atoms with Gasteiger partial charge in [0.15, 0.2) is 0 Å². The third kappa shape index (κ3) is 3.92. The molecule has 0 aliphatic carbocycles. The van der Waals surface area contributed by atoms with Crippen LogP contribution in [0.4, 0.5) is 14.6 Å². The SMILES string of the molecule is CCNc1cccc(-c2ccc(SC(F)F)cc2)n1. The maximum Gasteiger partial charge on any atom is 0.288 e. The predicted octanol–water partition coefficient (Wildman–Crippen LogP) is 4.50. The second-order valence-corrected chi connectivity index (χ2v) is 4.90. The Hall–Kier alpha value is -1.62. The summed E-state index contributed by atoms with van der Waals surface area (Å²) in [5.41, 5.74) is 1.74. The van der Waals surface area contributed by atoms with Gasteiger partial charge in [0, 0.05) is 17.0 Å². The van der Waals surface area contributed by atoms with Crippen molar-refractivity contribution >= 4 is 17.6 Å². The monoisotopic (exact) mass is 280 g/mol. The summed E-state index contributed by atoms with van der Waals surface area (Å²) in [4.78, 5) is 5.01. The number of rotatable bonds is 5. The molecule has 0 atom stereocenters. The molecule has 1 aromatic carbocycles. The normalized spacial score (nSPS) is 10.7. The average Bonchev–Trinajstić information content (AvgIpc) is 2.40. The van der Waals surface area contributed by atoms with Crippen LogP contribution in [0.25, 0.3) is 11.3 Å². The Morgan fingerprint density at radius 2 is 1.89 bits per heavy atom. The highest BCUT2D eigenvalue weighted by Gasteiger charge is 2.06. The number of benzene rings is 1. The summed E-state index contributed by atoms with van der Waals surface area (Å²) in [5.74, 6) is -1.58. The van der Waals surface area contributed by atoms with Gasteiger partial charge in [0.1, 0.15) is 5.82 Å². The number of thioether (sulfide) groups is 1. The van der Waals surface area contributed by atoms with Gasteiger partial charge < -0.3 is 5.32 Å². The van der Waals surface area contributed by atoms with Gasteiger partial charge in [0.05, 0.1) is 5.69 Å². The first kappa shape index (κ1) is 13.8. The van der Waals surface area contributed by atoms with Crippen molar-refractivity contribution in [3.63, 3.8) is 0 Å². The molecule has 2 aromatic rings. The fourth-order valence-electron chi connectivity index (χ4n) is 1.68. The van der Waals surface area contributed by atoms with Gasteiger partial charge in [0.25, 0.3) is 5.76 Å². The van der Waals surface area contributed by atoms with Gasteiger partial charge in [-0.15, -0.1) is 0 Å². The number of halogens is 2. The molecule has 0 radical (unpaired) electrons. The number of pyridine rings is 1. The van der Waals surface area contributed by atoms with Gasteiger partial charge in [-0.1, -0.05) is 30.0 Å². The van der Waals surface area contributed by atoms with E-state index in [1.807, 2.05) is 37.3 Å². The third-order valence-electron chi connectivity index (χ3n) is 2.48. The van der Waals surface area contributed by atoms with Gasteiger partial charge in [0.2, 0.25) is 0 Å². The number of hydrogen-bond acceptors (Lipinski definition) is 3. The molecule has 0 aliphatic heterocycles. The summed E-state index contributed by atoms with van der Waals surface area (Å²) in [7, 11) is 0. The van der Waals surface area contributed by atoms with Crippen molar-refractivity contribution in [3.8, 4) is 11.3 Å². The molecule has 0 bridgehead atoms. The summed E-state index contributed by atoms with van der Waals surface area (Å²) in [6.45, 7) is 2.81. The van der Waals surface area contributed by atoms with Crippen LogP contribution in [-0.4, -0.2) is 17.3 Å². The molecule has 2 nitrogen and oxygen atoms in total. The molecule has 1 aromatic heterocycles. The fraction of sp³-hybridized carbons (Fsp3) is 0.214. The van der Waals surface area contributed by atoms with Gasteiger partial charge in [-0.2, -0.15) is 8.78 Å². The molecular weight excluding hydrogens is 266 g/mol. The predicted molar refractivity (Wildman–Crippen MR) is 75.7 cm³/mol. The maximum absolute atomic E-state index is 12.2. The zero-order valence-corrected chi connectivity index (χ0v) is 11.3. The lowest BCUT2D eigenvalue weighted by molar-refractivity contribution is 0.252. The van der Waals surface area contributed by atoms with E-state index in [4.69, 9.17) is 0 Å². The fourth-order valence-corrected chi connectivity index (χ4v) is 2.18. The van der Waals surface area contributed by atoms with E-state index in [-0.39, 0.29) is 0 Å². The van der Waals surface area contributed by atoms with E-state index in [1.165, 1.54) is 0 Å². The van der Waals surface area contributed by atoms with Crippen molar-refractivity contribution in [3.05, 3.63) is 42.5 Å². The molecule has 0 amide bonds. The first-order chi connectivity index (χ1) is 9.19. The minimum atomic E-state index is -2.39. The molecule has 1 heterocycles. The van der Waals surface area contributed by atoms with Crippen LogP contribution < -0.4 is 5.32 Å². The molecule has 100 valence electrons. The summed E-state index contributed by atoms with van der Waals surface area (Å²) in [6.07, 6.45) is 0. The second kappa shape index (κ2) is 6.52. The van der Waals surface area contributed by atoms with E-state index in [9.17, 15) is 8.78 Å². The van der Waals surface area contributed by atoms with Crippen LogP contribution in [0.3, 0.4) is 0 Å². The van der Waals surface area contributed by atoms with E-state index in [0.717, 1.165) is 23.6 Å². The summed E-state index contributed by atoms with van der Waals surface area (Å²) in [6, 6.07) is 12.7. The van der Waals surface area contributed by atoms with Crippen molar-refractivity contribution in [1.82, 2.24) is 4.98 Å². The lowest BCUT2D eigenvalue weighted by Gasteiger charge is -2.06. The second-order valence-electron chi connectivity index (χ2n) is 3.84. The summed E-state index contributed by atoms with van der Waals surface area (Å²) >= 11 is 0.548. The lowest BCUT2D eigenvalue weighted by atomic mass is 10.1. The zero-order valence-electron chi connectivity index (χ0n) is 10.4. The van der Waals surface area contributed by atoms with E-state index >= 15 is 0 Å². The molecule has 1 N–H and O–H groups in total. The molecule has 0 aliphatic rings. The van der Waals surface area contributed by atoms with Crippen molar-refractivity contribution in [1.29, 1.82) is 0 Å². The topological polar surface area (TPSA) is 24.9 Å². The smallest absolute Gasteiger partial charge is 0.288 e. The Kier molecular flexibility index (Phi) is 4.74. The third-order valence-corrected chi connectivity index (χ3v) is 3.20. The van der Waals surface area contributed by atoms with Gasteiger partial charge in [-0.25, -0.2) is 4.98 Å². The van der Waals surface area contributed by atoms with Gasteiger partial charge in [-0.05, 0) is 31.2 Å². The van der Waals surface area contributed by atoms with E-state index in [1.54, 1.807) is 12.1 Å². The number of alkyl halides is 2. The quantitative estimate of drug-likeness (QED) is 0.816. The number of anilines is 1. The maximum atomic E-state index is 12.2. The van der Waals surface area contributed by atoms with Crippen LogP contribution in [0.15, 0.2) is 47.4 Å². The van der Waals surface area contributed by atoms with Crippen molar-refractivity contribution in [2.45, 2.75) is 17.6 Å². The molecule has 0 spiro atoms. The number of aromatic nitrogens is 1. The highest BCUT2D eigenvalue weighted by molar-refractivity contribution is 7.99. The van der Waals surface area contributed by atoms with Gasteiger partial charge in [-0.3, -0.25) is 0 Å². The van der Waals surface area contributed by atoms with Crippen LogP contribution in [0.1, 0.15) is 6.92 Å². The standard InChI is InChI=1S/C14H14F2N2S/c1-2-17-13-5-3-4-12(18-13)10-6-8-11(9-7-10)19-14(15)16/h3-9,14H,2H2,1H3,(H,17,18). The highest BCUT2D eigenvalue weighted by atomic mass is 32.2. The minimum Gasteiger partial charge on any atom is -0.370 e. The minimum absolute atomic E-state index is 0.548. The van der Waals surface area contributed by atoms with E-state index in [2.05, 4.69) is 10.3 Å². The van der Waals surface area contributed by atoms with Crippen molar-refractivity contribution < 1.29 is 8.78 Å². The van der Waals surface area contributed by atoms with E-state index < -0.39 is 5.76 Å². The Labute approximate surface area is 115 Å². The van der Waals surface area contributed by atoms with Crippen molar-refractivity contribution in [2.75, 3.05) is 11.9 Å². The zero-order chi connectivity index (χ0) is 13.7. The molecule has 0 saturated carbocycles. The number of nitrogens with zero attached hydrogens (tertiary/aromatic N) is 1. The first-order valence-electron chi connectivity index (χ1n) is 5.95. The lowest BCUT2D eigenvalue weighted by Crippen LogP contribution is -1.99. The summed E-state index contributed by atoms with van der Waals surface area (Å²) in [5, 5.41) is 3.14. The first-order valence-corrected chi connectivity index (χ1v) is 6.83. The largest absolute Gasteiger partial charge is 0.370 e. The van der Waals surface area contributed by atoms with Crippen LogP contribution in [0, 0.1) is 0 Å². The molecule has 0 unspecified atom stereocenters. The Morgan fingerprint density at radius 3 is 2.53 bits per heavy atom. The molecule has 19 heavy (non-hydrogen) atoms. The molecule has 5 heteroatoms. The molecule has 0 fully saturated rings. The Bertz CT molecular complexity index is 529. The van der Waals surface area contributed by atoms with Crippen LogP contribution in [0.5, 0.6) is 0 Å². The summed E-state index contributed by atoms with van der Waals surface area (Å²) < 4.78 is 24.4. The molecule has 0 saturated heterocycles. The Balaban J connectivity index is 2.19. The van der Waals surface area contributed by atoms with E-state index in [0.29, 0.717) is 16.7 Å².